The lowest BCUT2D eigenvalue weighted by Crippen LogP contribution is -2.17. The zero-order chi connectivity index (χ0) is 13.2. The Labute approximate surface area is 115 Å². The molecule has 1 saturated carbocycles. The summed E-state index contributed by atoms with van der Waals surface area (Å²) in [5.41, 5.74) is 0. The molecule has 0 amide bonds. The molecule has 0 radical (unpaired) electrons. The van der Waals surface area contributed by atoms with E-state index in [2.05, 4.69) is 20.8 Å². The van der Waals surface area contributed by atoms with Crippen LogP contribution in [0, 0.1) is 17.8 Å². The van der Waals surface area contributed by atoms with Crippen LogP contribution in [0.1, 0.15) is 78.6 Å². The molecule has 0 saturated heterocycles. The van der Waals surface area contributed by atoms with Gasteiger partial charge in [-0.2, -0.15) is 0 Å². The summed E-state index contributed by atoms with van der Waals surface area (Å²) < 4.78 is 5.90. The lowest BCUT2D eigenvalue weighted by atomic mass is 9.82. The predicted molar refractivity (Wildman–Crippen MR) is 79.9 cm³/mol. The third-order valence-electron chi connectivity index (χ3n) is 4.28. The van der Waals surface area contributed by atoms with Gasteiger partial charge in [0.25, 0.3) is 0 Å². The molecule has 1 nitrogen and oxygen atoms in total. The molecular weight excluding hydrogens is 220 g/mol. The molecule has 0 bridgehead atoms. The van der Waals surface area contributed by atoms with Crippen LogP contribution in [-0.4, -0.2) is 13.2 Å². The van der Waals surface area contributed by atoms with Crippen molar-refractivity contribution in [2.75, 3.05) is 13.2 Å². The number of hydrogen-bond acceptors (Lipinski definition) is 1. The van der Waals surface area contributed by atoms with Crippen LogP contribution in [0.25, 0.3) is 0 Å². The summed E-state index contributed by atoms with van der Waals surface area (Å²) >= 11 is 0. The predicted octanol–water partition coefficient (Wildman–Crippen LogP) is 5.44. The van der Waals surface area contributed by atoms with Gasteiger partial charge in [0.2, 0.25) is 0 Å². The van der Waals surface area contributed by atoms with Crippen LogP contribution < -0.4 is 0 Å². The van der Waals surface area contributed by atoms with E-state index >= 15 is 0 Å². The summed E-state index contributed by atoms with van der Waals surface area (Å²) in [6.07, 6.45) is 12.7. The standard InChI is InChI=1S/C17H34O/c1-4-8-17(14-18-12-11-15(2)3)13-16-9-6-5-7-10-16/h15-17H,4-14H2,1-3H3/t17-/m1/s1. The molecule has 0 aliphatic heterocycles. The molecule has 1 aliphatic rings. The molecular formula is C17H34O. The van der Waals surface area contributed by atoms with Gasteiger partial charge in [-0.3, -0.25) is 0 Å². The lowest BCUT2D eigenvalue weighted by Gasteiger charge is -2.26. The Balaban J connectivity index is 2.16. The molecule has 1 heteroatoms. The summed E-state index contributed by atoms with van der Waals surface area (Å²) in [6, 6.07) is 0. The number of rotatable bonds is 9. The zero-order valence-corrected chi connectivity index (χ0v) is 12.9. The first kappa shape index (κ1) is 16.0. The smallest absolute Gasteiger partial charge is 0.0494 e. The van der Waals surface area contributed by atoms with E-state index in [4.69, 9.17) is 4.74 Å². The Kier molecular flexibility index (Phi) is 8.75. The van der Waals surface area contributed by atoms with Gasteiger partial charge in [-0.05, 0) is 37.0 Å². The van der Waals surface area contributed by atoms with Crippen molar-refractivity contribution in [3.05, 3.63) is 0 Å². The van der Waals surface area contributed by atoms with Gasteiger partial charge in [-0.15, -0.1) is 0 Å². The molecule has 0 spiro atoms. The van der Waals surface area contributed by atoms with Crippen molar-refractivity contribution in [3.8, 4) is 0 Å². The van der Waals surface area contributed by atoms with Crippen molar-refractivity contribution in [2.24, 2.45) is 17.8 Å². The van der Waals surface area contributed by atoms with E-state index in [1.165, 1.54) is 57.8 Å². The highest BCUT2D eigenvalue weighted by Gasteiger charge is 2.18. The third kappa shape index (κ3) is 7.41. The Hall–Kier alpha value is -0.0400. The maximum absolute atomic E-state index is 5.90. The Bertz CT molecular complexity index is 182. The molecule has 0 aromatic heterocycles. The minimum Gasteiger partial charge on any atom is -0.381 e. The fourth-order valence-electron chi connectivity index (χ4n) is 3.14. The molecule has 0 N–H and O–H groups in total. The minimum atomic E-state index is 0.771. The SMILES string of the molecule is CCC[C@@H](COCCC(C)C)CC1CCCCC1. The van der Waals surface area contributed by atoms with Gasteiger partial charge in [0.15, 0.2) is 0 Å². The molecule has 0 unspecified atom stereocenters. The van der Waals surface area contributed by atoms with E-state index in [9.17, 15) is 0 Å². The molecule has 1 rings (SSSR count). The van der Waals surface area contributed by atoms with Gasteiger partial charge in [-0.25, -0.2) is 0 Å². The van der Waals surface area contributed by atoms with Crippen molar-refractivity contribution >= 4 is 0 Å². The van der Waals surface area contributed by atoms with Gasteiger partial charge in [0.1, 0.15) is 0 Å². The summed E-state index contributed by atoms with van der Waals surface area (Å²) in [5, 5.41) is 0. The quantitative estimate of drug-likeness (QED) is 0.498. The lowest BCUT2D eigenvalue weighted by molar-refractivity contribution is 0.0760. The molecule has 1 fully saturated rings. The molecule has 108 valence electrons. The van der Waals surface area contributed by atoms with E-state index in [-0.39, 0.29) is 0 Å². The van der Waals surface area contributed by atoms with Crippen molar-refractivity contribution in [1.29, 1.82) is 0 Å². The third-order valence-corrected chi connectivity index (χ3v) is 4.28. The number of hydrogen-bond donors (Lipinski definition) is 0. The number of ether oxygens (including phenoxy) is 1. The van der Waals surface area contributed by atoms with E-state index in [1.807, 2.05) is 0 Å². The van der Waals surface area contributed by atoms with Gasteiger partial charge in [0, 0.05) is 13.2 Å². The highest BCUT2D eigenvalue weighted by atomic mass is 16.5. The fourth-order valence-corrected chi connectivity index (χ4v) is 3.14. The van der Waals surface area contributed by atoms with Crippen molar-refractivity contribution < 1.29 is 4.74 Å². The summed E-state index contributed by atoms with van der Waals surface area (Å²) in [5.74, 6) is 2.60. The van der Waals surface area contributed by atoms with Crippen LogP contribution in [0.15, 0.2) is 0 Å². The largest absolute Gasteiger partial charge is 0.381 e. The summed E-state index contributed by atoms with van der Waals surface area (Å²) in [6.45, 7) is 8.82. The summed E-state index contributed by atoms with van der Waals surface area (Å²) in [7, 11) is 0. The highest BCUT2D eigenvalue weighted by Crippen LogP contribution is 2.30. The van der Waals surface area contributed by atoms with Gasteiger partial charge in [-0.1, -0.05) is 59.3 Å². The Morgan fingerprint density at radius 2 is 1.78 bits per heavy atom. The normalized spacial score (nSPS) is 19.3. The Morgan fingerprint density at radius 3 is 2.39 bits per heavy atom. The van der Waals surface area contributed by atoms with E-state index < -0.39 is 0 Å². The van der Waals surface area contributed by atoms with E-state index in [0.717, 1.165) is 31.0 Å². The highest BCUT2D eigenvalue weighted by molar-refractivity contribution is 4.70. The van der Waals surface area contributed by atoms with Crippen LogP contribution in [0.3, 0.4) is 0 Å². The molecule has 0 aromatic rings. The Morgan fingerprint density at radius 1 is 1.06 bits per heavy atom. The molecule has 1 atom stereocenters. The topological polar surface area (TPSA) is 9.23 Å². The van der Waals surface area contributed by atoms with E-state index in [0.29, 0.717) is 0 Å². The molecule has 1 aliphatic carbocycles. The maximum Gasteiger partial charge on any atom is 0.0494 e. The van der Waals surface area contributed by atoms with E-state index in [1.54, 1.807) is 0 Å². The second-order valence-corrected chi connectivity index (χ2v) is 6.65. The fraction of sp³-hybridized carbons (Fsp3) is 1.00. The van der Waals surface area contributed by atoms with Crippen LogP contribution in [-0.2, 0) is 4.74 Å². The van der Waals surface area contributed by atoms with Gasteiger partial charge in [0.05, 0.1) is 0 Å². The second-order valence-electron chi connectivity index (χ2n) is 6.65. The second kappa shape index (κ2) is 9.83. The first-order valence-corrected chi connectivity index (χ1v) is 8.30. The van der Waals surface area contributed by atoms with Crippen molar-refractivity contribution in [2.45, 2.75) is 78.6 Å². The van der Waals surface area contributed by atoms with Crippen LogP contribution in [0.4, 0.5) is 0 Å². The minimum absolute atomic E-state index is 0.771. The van der Waals surface area contributed by atoms with Crippen molar-refractivity contribution in [3.63, 3.8) is 0 Å². The molecule has 0 heterocycles. The first-order valence-electron chi connectivity index (χ1n) is 8.30. The van der Waals surface area contributed by atoms with Crippen molar-refractivity contribution in [1.82, 2.24) is 0 Å². The maximum atomic E-state index is 5.90. The van der Waals surface area contributed by atoms with Crippen LogP contribution in [0.5, 0.6) is 0 Å². The van der Waals surface area contributed by atoms with Crippen LogP contribution in [0.2, 0.25) is 0 Å². The van der Waals surface area contributed by atoms with Gasteiger partial charge >= 0.3 is 0 Å². The average molecular weight is 254 g/mol. The zero-order valence-electron chi connectivity index (χ0n) is 12.9. The first-order chi connectivity index (χ1) is 8.72. The van der Waals surface area contributed by atoms with Crippen LogP contribution >= 0.6 is 0 Å². The monoisotopic (exact) mass is 254 g/mol. The summed E-state index contributed by atoms with van der Waals surface area (Å²) in [4.78, 5) is 0. The molecule has 0 aromatic carbocycles. The van der Waals surface area contributed by atoms with Gasteiger partial charge < -0.3 is 4.74 Å². The molecule has 18 heavy (non-hydrogen) atoms. The average Bonchev–Trinajstić information content (AvgIpc) is 2.36.